The van der Waals surface area contributed by atoms with E-state index < -0.39 is 10.0 Å². The summed E-state index contributed by atoms with van der Waals surface area (Å²) in [4.78, 5) is 9.26. The van der Waals surface area contributed by atoms with Gasteiger partial charge in [0.15, 0.2) is 0 Å². The maximum atomic E-state index is 13.2. The fraction of sp³-hybridized carbons (Fsp3) is 0.417. The van der Waals surface area contributed by atoms with E-state index in [2.05, 4.69) is 21.5 Å². The van der Waals surface area contributed by atoms with Gasteiger partial charge in [-0.05, 0) is 80.3 Å². The highest BCUT2D eigenvalue weighted by molar-refractivity contribution is 7.89. The van der Waals surface area contributed by atoms with Crippen molar-refractivity contribution in [2.75, 3.05) is 13.1 Å². The van der Waals surface area contributed by atoms with Gasteiger partial charge in [0.1, 0.15) is 5.82 Å². The molecule has 0 unspecified atom stereocenters. The van der Waals surface area contributed by atoms with Crippen LogP contribution < -0.4 is 0 Å². The lowest BCUT2D eigenvalue weighted by Gasteiger charge is -2.32. The second kappa shape index (κ2) is 8.20. The van der Waals surface area contributed by atoms with Crippen molar-refractivity contribution in [2.45, 2.75) is 50.5 Å². The van der Waals surface area contributed by atoms with Crippen LogP contribution in [0.5, 0.6) is 0 Å². The first-order valence-electron chi connectivity index (χ1n) is 11.1. The molecule has 6 nitrogen and oxygen atoms in total. The summed E-state index contributed by atoms with van der Waals surface area (Å²) in [5, 5.41) is 0. The van der Waals surface area contributed by atoms with Crippen LogP contribution in [0.25, 0.3) is 11.4 Å². The molecule has 0 saturated carbocycles. The van der Waals surface area contributed by atoms with E-state index in [0.29, 0.717) is 23.9 Å². The van der Waals surface area contributed by atoms with Gasteiger partial charge in [-0.2, -0.15) is 4.31 Å². The van der Waals surface area contributed by atoms with E-state index in [-0.39, 0.29) is 0 Å². The summed E-state index contributed by atoms with van der Waals surface area (Å²) in [6.45, 7) is 4.06. The van der Waals surface area contributed by atoms with Crippen LogP contribution >= 0.6 is 0 Å². The molecule has 162 valence electrons. The Balaban J connectivity index is 1.28. The minimum atomic E-state index is -3.42. The topological polar surface area (TPSA) is 68.1 Å². The summed E-state index contributed by atoms with van der Waals surface area (Å²) in [6, 6.07) is 9.65. The van der Waals surface area contributed by atoms with Crippen molar-refractivity contribution in [1.29, 1.82) is 0 Å². The van der Waals surface area contributed by atoms with Crippen LogP contribution in [-0.2, 0) is 29.4 Å². The van der Waals surface area contributed by atoms with Gasteiger partial charge in [0.25, 0.3) is 0 Å². The Kier molecular flexibility index (Phi) is 5.40. The van der Waals surface area contributed by atoms with Gasteiger partial charge in [0.2, 0.25) is 10.0 Å². The Bertz CT molecular complexity index is 1180. The van der Waals surface area contributed by atoms with Crippen molar-refractivity contribution >= 4 is 10.0 Å². The summed E-state index contributed by atoms with van der Waals surface area (Å²) in [5.41, 5.74) is 4.63. The van der Waals surface area contributed by atoms with Gasteiger partial charge in [-0.15, -0.1) is 0 Å². The third-order valence-corrected chi connectivity index (χ3v) is 8.59. The lowest BCUT2D eigenvalue weighted by Crippen LogP contribution is -2.39. The zero-order valence-corrected chi connectivity index (χ0v) is 18.7. The highest BCUT2D eigenvalue weighted by atomic mass is 32.2. The van der Waals surface area contributed by atoms with E-state index in [1.165, 1.54) is 11.1 Å². The highest BCUT2D eigenvalue weighted by Gasteiger charge is 2.30. The molecule has 2 aliphatic rings. The van der Waals surface area contributed by atoms with Crippen molar-refractivity contribution in [1.82, 2.24) is 18.8 Å². The second-order valence-corrected chi connectivity index (χ2v) is 10.6. The Morgan fingerprint density at radius 2 is 1.87 bits per heavy atom. The van der Waals surface area contributed by atoms with Gasteiger partial charge in [0, 0.05) is 49.5 Å². The first kappa shape index (κ1) is 20.4. The third-order valence-electron chi connectivity index (χ3n) is 6.70. The molecule has 3 aromatic rings. The average molecular weight is 437 g/mol. The normalized spacial score (nSPS) is 17.7. The molecule has 1 aromatic carbocycles. The van der Waals surface area contributed by atoms with Crippen LogP contribution in [0, 0.1) is 12.8 Å². The number of hydrogen-bond donors (Lipinski definition) is 0. The van der Waals surface area contributed by atoms with E-state index >= 15 is 0 Å². The summed E-state index contributed by atoms with van der Waals surface area (Å²) in [6.07, 6.45) is 10.4. The fourth-order valence-corrected chi connectivity index (χ4v) is 6.39. The number of fused-ring (bicyclic) bond motifs is 1. The smallest absolute Gasteiger partial charge is 0.243 e. The molecular weight excluding hydrogens is 408 g/mol. The Morgan fingerprint density at radius 3 is 2.65 bits per heavy atom. The van der Waals surface area contributed by atoms with Gasteiger partial charge in [-0.25, -0.2) is 13.4 Å². The third kappa shape index (κ3) is 3.92. The molecule has 0 radical (unpaired) electrons. The van der Waals surface area contributed by atoms with Gasteiger partial charge in [0.05, 0.1) is 4.90 Å². The molecule has 1 saturated heterocycles. The molecule has 31 heavy (non-hydrogen) atoms. The number of imidazole rings is 1. The fourth-order valence-electron chi connectivity index (χ4n) is 4.86. The minimum Gasteiger partial charge on any atom is -0.328 e. The summed E-state index contributed by atoms with van der Waals surface area (Å²) >= 11 is 0. The van der Waals surface area contributed by atoms with Crippen molar-refractivity contribution in [3.63, 3.8) is 0 Å². The molecule has 1 fully saturated rings. The molecule has 7 heteroatoms. The van der Waals surface area contributed by atoms with Crippen LogP contribution in [0.3, 0.4) is 0 Å². The van der Waals surface area contributed by atoms with Crippen LogP contribution in [-0.4, -0.2) is 40.3 Å². The molecule has 2 aromatic heterocycles. The molecule has 0 atom stereocenters. The summed E-state index contributed by atoms with van der Waals surface area (Å²) in [5.74, 6) is 1.36. The van der Waals surface area contributed by atoms with Crippen LogP contribution in [0.15, 0.2) is 53.8 Å². The molecule has 0 amide bonds. The molecule has 1 aliphatic carbocycles. The predicted molar refractivity (Wildman–Crippen MR) is 120 cm³/mol. The maximum Gasteiger partial charge on any atom is 0.243 e. The van der Waals surface area contributed by atoms with Gasteiger partial charge in [-0.1, -0.05) is 6.07 Å². The minimum absolute atomic E-state index is 0.426. The summed E-state index contributed by atoms with van der Waals surface area (Å²) < 4.78 is 30.3. The van der Waals surface area contributed by atoms with Crippen molar-refractivity contribution < 1.29 is 8.42 Å². The van der Waals surface area contributed by atoms with Crippen LogP contribution in [0.4, 0.5) is 0 Å². The number of hydrogen-bond acceptors (Lipinski definition) is 4. The van der Waals surface area contributed by atoms with Crippen molar-refractivity contribution in [3.05, 3.63) is 65.7 Å². The number of aromatic nitrogens is 3. The molecular formula is C24H28N4O2S. The molecule has 1 aliphatic heterocycles. The van der Waals surface area contributed by atoms with Gasteiger partial charge < -0.3 is 4.57 Å². The molecule has 0 N–H and O–H groups in total. The Labute approximate surface area is 184 Å². The largest absolute Gasteiger partial charge is 0.328 e. The monoisotopic (exact) mass is 436 g/mol. The van der Waals surface area contributed by atoms with Crippen molar-refractivity contribution in [3.8, 4) is 11.4 Å². The SMILES string of the molecule is Cc1cnc(-c2cccnc2)n1CC1CCN(S(=O)(=O)c2ccc3c(c2)CCC3)CC1. The maximum absolute atomic E-state index is 13.2. The van der Waals surface area contributed by atoms with Crippen LogP contribution in [0.2, 0.25) is 0 Å². The number of sulfonamides is 1. The highest BCUT2D eigenvalue weighted by Crippen LogP contribution is 2.30. The lowest BCUT2D eigenvalue weighted by molar-refractivity contribution is 0.252. The number of pyridine rings is 1. The lowest BCUT2D eigenvalue weighted by atomic mass is 9.98. The zero-order valence-electron chi connectivity index (χ0n) is 17.9. The quantitative estimate of drug-likeness (QED) is 0.609. The number of rotatable bonds is 5. The molecule has 0 bridgehead atoms. The van der Waals surface area contributed by atoms with E-state index in [1.807, 2.05) is 36.7 Å². The van der Waals surface area contributed by atoms with E-state index in [0.717, 1.165) is 55.7 Å². The van der Waals surface area contributed by atoms with E-state index in [9.17, 15) is 8.42 Å². The standard InChI is InChI=1S/C24H28N4O2S/c1-18-15-26-24(22-6-3-11-25-16-22)28(18)17-19-9-12-27(13-10-19)31(29,30)23-8-7-20-4-2-5-21(20)14-23/h3,6-8,11,14-16,19H,2,4-5,9-10,12-13,17H2,1H3. The number of piperidine rings is 1. The average Bonchev–Trinajstić information content (AvgIpc) is 3.41. The Morgan fingerprint density at radius 1 is 1.06 bits per heavy atom. The molecule has 3 heterocycles. The van der Waals surface area contributed by atoms with E-state index in [4.69, 9.17) is 0 Å². The predicted octanol–water partition coefficient (Wildman–Crippen LogP) is 3.84. The van der Waals surface area contributed by atoms with E-state index in [1.54, 1.807) is 16.6 Å². The van der Waals surface area contributed by atoms with Crippen LogP contribution in [0.1, 0.15) is 36.1 Å². The van der Waals surface area contributed by atoms with Gasteiger partial charge >= 0.3 is 0 Å². The van der Waals surface area contributed by atoms with Gasteiger partial charge in [-0.3, -0.25) is 4.98 Å². The summed E-state index contributed by atoms with van der Waals surface area (Å²) in [7, 11) is -3.42. The number of benzene rings is 1. The Hall–Kier alpha value is -2.51. The molecule has 5 rings (SSSR count). The number of nitrogens with zero attached hydrogens (tertiary/aromatic N) is 4. The number of aryl methyl sites for hydroxylation is 3. The zero-order chi connectivity index (χ0) is 21.4. The second-order valence-electron chi connectivity index (χ2n) is 8.71. The molecule has 0 spiro atoms. The first-order chi connectivity index (χ1) is 15.0. The first-order valence-corrected chi connectivity index (χ1v) is 12.5. The van der Waals surface area contributed by atoms with Crippen molar-refractivity contribution in [2.24, 2.45) is 5.92 Å².